The zero-order valence-electron chi connectivity index (χ0n) is 11.3. The fourth-order valence-electron chi connectivity index (χ4n) is 3.29. The summed E-state index contributed by atoms with van der Waals surface area (Å²) < 4.78 is 3.06. The van der Waals surface area contributed by atoms with E-state index in [1.54, 1.807) is 0 Å². The van der Waals surface area contributed by atoms with Gasteiger partial charge in [-0.25, -0.2) is 5.10 Å². The highest BCUT2D eigenvalue weighted by atomic mass is 32.1. The number of hydrogen-bond donors (Lipinski definition) is 1. The Labute approximate surface area is 113 Å². The van der Waals surface area contributed by atoms with E-state index < -0.39 is 0 Å². The van der Waals surface area contributed by atoms with Crippen LogP contribution in [0.3, 0.4) is 0 Å². The Morgan fingerprint density at radius 3 is 2.67 bits per heavy atom. The van der Waals surface area contributed by atoms with Crippen molar-refractivity contribution < 1.29 is 0 Å². The molecule has 1 saturated carbocycles. The maximum atomic E-state index is 5.42. The number of aromatic nitrogens is 3. The van der Waals surface area contributed by atoms with E-state index in [2.05, 4.69) is 33.5 Å². The molecule has 0 radical (unpaired) electrons. The first-order valence-electron chi connectivity index (χ1n) is 6.99. The topological polar surface area (TPSA) is 36.9 Å². The van der Waals surface area contributed by atoms with Crippen LogP contribution < -0.4 is 4.90 Å². The van der Waals surface area contributed by atoms with Crippen molar-refractivity contribution in [3.05, 3.63) is 4.77 Å². The van der Waals surface area contributed by atoms with Gasteiger partial charge in [-0.1, -0.05) is 26.7 Å². The van der Waals surface area contributed by atoms with Crippen LogP contribution in [0.2, 0.25) is 0 Å². The van der Waals surface area contributed by atoms with Gasteiger partial charge in [-0.15, -0.1) is 5.10 Å². The Morgan fingerprint density at radius 2 is 2.06 bits per heavy atom. The minimum absolute atomic E-state index is 0.397. The van der Waals surface area contributed by atoms with E-state index in [0.29, 0.717) is 11.5 Å². The van der Waals surface area contributed by atoms with E-state index in [9.17, 15) is 0 Å². The van der Waals surface area contributed by atoms with Crippen molar-refractivity contribution in [3.63, 3.8) is 0 Å². The van der Waals surface area contributed by atoms with Crippen LogP contribution in [-0.2, 0) is 0 Å². The lowest BCUT2D eigenvalue weighted by atomic mass is 9.93. The molecule has 0 aromatic carbocycles. The third-order valence-corrected chi connectivity index (χ3v) is 4.62. The second kappa shape index (κ2) is 4.37. The van der Waals surface area contributed by atoms with Crippen LogP contribution >= 0.6 is 12.2 Å². The summed E-state index contributed by atoms with van der Waals surface area (Å²) in [4.78, 5) is 2.39. The predicted molar refractivity (Wildman–Crippen MR) is 75.5 cm³/mol. The Hall–Kier alpha value is -0.840. The predicted octanol–water partition coefficient (Wildman–Crippen LogP) is 3.29. The van der Waals surface area contributed by atoms with E-state index in [0.717, 1.165) is 23.8 Å². The second-order valence-electron chi connectivity index (χ2n) is 6.47. The van der Waals surface area contributed by atoms with Gasteiger partial charge in [0.1, 0.15) is 0 Å². The smallest absolute Gasteiger partial charge is 0.225 e. The summed E-state index contributed by atoms with van der Waals surface area (Å²) in [5, 5.41) is 7.47. The summed E-state index contributed by atoms with van der Waals surface area (Å²) in [5.41, 5.74) is 0.397. The first-order chi connectivity index (χ1) is 8.57. The van der Waals surface area contributed by atoms with Gasteiger partial charge in [0.15, 0.2) is 4.77 Å². The zero-order valence-corrected chi connectivity index (χ0v) is 12.1. The molecule has 0 atom stereocenters. The van der Waals surface area contributed by atoms with Gasteiger partial charge in [0.2, 0.25) is 5.95 Å². The van der Waals surface area contributed by atoms with Crippen LogP contribution in [0.25, 0.3) is 0 Å². The van der Waals surface area contributed by atoms with Gasteiger partial charge < -0.3 is 4.90 Å². The summed E-state index contributed by atoms with van der Waals surface area (Å²) in [7, 11) is 0. The third-order valence-electron chi connectivity index (χ3n) is 4.34. The number of anilines is 1. The number of rotatable bonds is 2. The molecule has 0 spiro atoms. The Bertz CT molecular complexity index is 481. The molecule has 1 N–H and O–H groups in total. The molecule has 1 aromatic heterocycles. The molecule has 2 aliphatic rings. The number of aromatic amines is 1. The molecule has 18 heavy (non-hydrogen) atoms. The van der Waals surface area contributed by atoms with E-state index in [1.807, 2.05) is 0 Å². The molecule has 1 aliphatic carbocycles. The highest BCUT2D eigenvalue weighted by molar-refractivity contribution is 7.71. The molecule has 0 unspecified atom stereocenters. The molecule has 1 aromatic rings. The molecule has 4 nitrogen and oxygen atoms in total. The van der Waals surface area contributed by atoms with Gasteiger partial charge in [-0.05, 0) is 36.9 Å². The number of H-pyrrole nitrogens is 1. The molecule has 100 valence electrons. The van der Waals surface area contributed by atoms with Crippen LogP contribution in [-0.4, -0.2) is 27.9 Å². The average molecular weight is 266 g/mol. The van der Waals surface area contributed by atoms with Crippen molar-refractivity contribution in [2.75, 3.05) is 18.0 Å². The largest absolute Gasteiger partial charge is 0.340 e. The van der Waals surface area contributed by atoms with Crippen molar-refractivity contribution in [1.29, 1.82) is 0 Å². The highest BCUT2D eigenvalue weighted by Crippen LogP contribution is 2.36. The summed E-state index contributed by atoms with van der Waals surface area (Å²) in [6, 6.07) is 0.565. The Kier molecular flexibility index (Phi) is 2.96. The Morgan fingerprint density at radius 1 is 1.33 bits per heavy atom. The van der Waals surface area contributed by atoms with E-state index in [-0.39, 0.29) is 0 Å². The van der Waals surface area contributed by atoms with Crippen LogP contribution in [0, 0.1) is 10.2 Å². The number of hydrogen-bond acceptors (Lipinski definition) is 3. The fraction of sp³-hybridized carbons (Fsp3) is 0.846. The maximum absolute atomic E-state index is 5.42. The molecular formula is C13H22N4S. The minimum Gasteiger partial charge on any atom is -0.340 e. The normalized spacial score (nSPS) is 24.0. The van der Waals surface area contributed by atoms with Crippen LogP contribution in [0.1, 0.15) is 52.0 Å². The van der Waals surface area contributed by atoms with Gasteiger partial charge >= 0.3 is 0 Å². The third kappa shape index (κ3) is 2.09. The van der Waals surface area contributed by atoms with Crippen molar-refractivity contribution >= 4 is 18.2 Å². The van der Waals surface area contributed by atoms with Gasteiger partial charge in [-0.3, -0.25) is 4.57 Å². The first kappa shape index (κ1) is 12.2. The van der Waals surface area contributed by atoms with Crippen molar-refractivity contribution in [3.8, 4) is 0 Å². The lowest BCUT2D eigenvalue weighted by molar-refractivity contribution is 0.416. The van der Waals surface area contributed by atoms with Crippen molar-refractivity contribution in [2.24, 2.45) is 5.41 Å². The van der Waals surface area contributed by atoms with Gasteiger partial charge in [0.05, 0.1) is 0 Å². The monoisotopic (exact) mass is 266 g/mol. The molecule has 0 amide bonds. The van der Waals surface area contributed by atoms with E-state index in [1.165, 1.54) is 32.1 Å². The molecule has 2 heterocycles. The lowest BCUT2D eigenvalue weighted by Gasteiger charge is -2.23. The van der Waals surface area contributed by atoms with E-state index in [4.69, 9.17) is 12.2 Å². The molecular weight excluding hydrogens is 244 g/mol. The zero-order chi connectivity index (χ0) is 12.8. The van der Waals surface area contributed by atoms with Crippen LogP contribution in [0.4, 0.5) is 5.95 Å². The minimum atomic E-state index is 0.397. The lowest BCUT2D eigenvalue weighted by Crippen LogP contribution is -2.26. The highest BCUT2D eigenvalue weighted by Gasteiger charge is 2.33. The molecule has 5 heteroatoms. The van der Waals surface area contributed by atoms with E-state index >= 15 is 0 Å². The SMILES string of the molecule is CC1(C)CCN(c2n[nH]c(=S)n2C2CCCC2)C1. The average Bonchev–Trinajstić information content (AvgIpc) is 2.97. The van der Waals surface area contributed by atoms with Crippen molar-refractivity contribution in [2.45, 2.75) is 52.0 Å². The first-order valence-corrected chi connectivity index (χ1v) is 7.39. The molecule has 1 saturated heterocycles. The second-order valence-corrected chi connectivity index (χ2v) is 6.86. The summed E-state index contributed by atoms with van der Waals surface area (Å²) in [6.45, 7) is 6.83. The number of nitrogens with zero attached hydrogens (tertiary/aromatic N) is 3. The molecule has 3 rings (SSSR count). The fourth-order valence-corrected chi connectivity index (χ4v) is 3.57. The van der Waals surface area contributed by atoms with Gasteiger partial charge in [-0.2, -0.15) is 0 Å². The molecule has 1 aliphatic heterocycles. The standard InChI is InChI=1S/C13H22N4S/c1-13(2)7-8-16(9-13)11-14-15-12(18)17(11)10-5-3-4-6-10/h10H,3-9H2,1-2H3,(H,15,18). The summed E-state index contributed by atoms with van der Waals surface area (Å²) in [6.07, 6.45) is 6.37. The summed E-state index contributed by atoms with van der Waals surface area (Å²) >= 11 is 5.42. The quantitative estimate of drug-likeness (QED) is 0.835. The van der Waals surface area contributed by atoms with Gasteiger partial charge in [0.25, 0.3) is 0 Å². The number of nitrogens with one attached hydrogen (secondary N) is 1. The van der Waals surface area contributed by atoms with Crippen molar-refractivity contribution in [1.82, 2.24) is 14.8 Å². The summed E-state index contributed by atoms with van der Waals surface area (Å²) in [5.74, 6) is 1.07. The maximum Gasteiger partial charge on any atom is 0.225 e. The molecule has 2 fully saturated rings. The Balaban J connectivity index is 1.91. The van der Waals surface area contributed by atoms with Crippen LogP contribution in [0.15, 0.2) is 0 Å². The van der Waals surface area contributed by atoms with Gasteiger partial charge in [0, 0.05) is 19.1 Å². The van der Waals surface area contributed by atoms with Crippen LogP contribution in [0.5, 0.6) is 0 Å². The molecule has 0 bridgehead atoms.